The van der Waals surface area contributed by atoms with Gasteiger partial charge in [0.25, 0.3) is 0 Å². The molecule has 0 atom stereocenters. The average Bonchev–Trinajstić information content (AvgIpc) is 2.91. The zero-order valence-corrected chi connectivity index (χ0v) is 24.4. The molecule has 3 amide bonds. The number of rotatable bonds is 14. The molecule has 0 aliphatic carbocycles. The lowest BCUT2D eigenvalue weighted by atomic mass is 10.1. The number of carbonyl (C=O) groups is 3. The van der Waals surface area contributed by atoms with Crippen molar-refractivity contribution in [2.75, 3.05) is 35.8 Å². The molecule has 41 heavy (non-hydrogen) atoms. The second-order valence-electron chi connectivity index (χ2n) is 9.23. The molecule has 11 nitrogen and oxygen atoms in total. The molecule has 0 aromatic heterocycles. The summed E-state index contributed by atoms with van der Waals surface area (Å²) in [6, 6.07) is 10.3. The van der Waals surface area contributed by atoms with E-state index in [-0.39, 0.29) is 12.5 Å². The first-order chi connectivity index (χ1) is 19.7. The van der Waals surface area contributed by atoms with Crippen molar-refractivity contribution in [1.29, 1.82) is 0 Å². The number of unbranched alkanes of at least 4 members (excludes halogenated alkanes) is 6. The Bertz CT molecular complexity index is 1160. The third-order valence-corrected chi connectivity index (χ3v) is 5.67. The molecule has 0 fully saturated rings. The maximum Gasteiger partial charge on any atom is 0.411 e. The van der Waals surface area contributed by atoms with Crippen LogP contribution in [-0.4, -0.2) is 49.1 Å². The van der Waals surface area contributed by atoms with Crippen LogP contribution in [-0.2, 0) is 19.1 Å². The van der Waals surface area contributed by atoms with Crippen LogP contribution < -0.4 is 16.0 Å². The van der Waals surface area contributed by atoms with Crippen LogP contribution in [0.1, 0.15) is 69.9 Å². The summed E-state index contributed by atoms with van der Waals surface area (Å²) in [5, 5.41) is 15.6. The number of aliphatic hydroxyl groups excluding tert-OH is 1. The van der Waals surface area contributed by atoms with Crippen molar-refractivity contribution >= 4 is 46.9 Å². The van der Waals surface area contributed by atoms with E-state index in [0.717, 1.165) is 56.1 Å². The summed E-state index contributed by atoms with van der Waals surface area (Å²) in [5.74, 6) is -0.175. The largest absolute Gasteiger partial charge is 0.449 e. The highest BCUT2D eigenvalue weighted by atomic mass is 16.6. The summed E-state index contributed by atoms with van der Waals surface area (Å²) in [6.45, 7) is 7.71. The van der Waals surface area contributed by atoms with Gasteiger partial charge in [0.05, 0.1) is 18.9 Å². The third kappa shape index (κ3) is 15.8. The summed E-state index contributed by atoms with van der Waals surface area (Å²) in [7, 11) is 0. The fourth-order valence-electron chi connectivity index (χ4n) is 3.61. The van der Waals surface area contributed by atoms with Gasteiger partial charge >= 0.3 is 12.2 Å². The number of aryl methyl sites for hydroxylation is 2. The molecule has 11 heteroatoms. The van der Waals surface area contributed by atoms with Gasteiger partial charge < -0.3 is 19.9 Å². The molecule has 0 bridgehead atoms. The van der Waals surface area contributed by atoms with Gasteiger partial charge in [0.15, 0.2) is 0 Å². The standard InChI is InChI=1S/C28H36N4O6.C2H6O/c1-20-11-13-23(17-25(20)29-19-33)31-27(35)37-15-9-7-5-4-6-8-10-16-38-28(36)32-24-14-12-21(2)26(18-24)30-22(3)34;1-2-3/h11-14,17-18H,4-10,15-16H2,1-3H3,(H,30,34)(H,31,35)(H,32,36);3H,2H2,1H3. The number of benzene rings is 2. The van der Waals surface area contributed by atoms with Crippen LogP contribution in [0.25, 0.3) is 0 Å². The van der Waals surface area contributed by atoms with Crippen molar-refractivity contribution in [3.63, 3.8) is 0 Å². The van der Waals surface area contributed by atoms with E-state index in [4.69, 9.17) is 14.6 Å². The number of amides is 3. The Morgan fingerprint density at radius 2 is 1.24 bits per heavy atom. The molecule has 2 aromatic rings. The van der Waals surface area contributed by atoms with Gasteiger partial charge in [-0.25, -0.2) is 14.4 Å². The number of aliphatic hydroxyl groups is 1. The lowest BCUT2D eigenvalue weighted by Gasteiger charge is -2.11. The summed E-state index contributed by atoms with van der Waals surface area (Å²) < 4.78 is 10.4. The summed E-state index contributed by atoms with van der Waals surface area (Å²) >= 11 is 0. The van der Waals surface area contributed by atoms with Crippen LogP contribution in [0.2, 0.25) is 0 Å². The number of ether oxygens (including phenoxy) is 2. The van der Waals surface area contributed by atoms with Gasteiger partial charge in [-0.3, -0.25) is 15.4 Å². The van der Waals surface area contributed by atoms with Crippen LogP contribution in [0.15, 0.2) is 41.4 Å². The molecule has 4 N–H and O–H groups in total. The SMILES string of the molecule is CC(=O)Nc1cc(NC(=O)OCCCCCCCCCOC(=O)Nc2ccc(C)c(N=C=O)c2)ccc1C.CCO. The number of hydrogen-bond acceptors (Lipinski definition) is 8. The number of nitrogens with one attached hydrogen (secondary N) is 3. The first-order valence-corrected chi connectivity index (χ1v) is 13.7. The van der Waals surface area contributed by atoms with Gasteiger partial charge in [-0.05, 0) is 69.0 Å². The molecule has 0 unspecified atom stereocenters. The van der Waals surface area contributed by atoms with Gasteiger partial charge in [-0.1, -0.05) is 44.2 Å². The van der Waals surface area contributed by atoms with E-state index in [1.807, 2.05) is 19.9 Å². The minimum Gasteiger partial charge on any atom is -0.449 e. The Morgan fingerprint density at radius 3 is 1.73 bits per heavy atom. The second kappa shape index (κ2) is 20.7. The van der Waals surface area contributed by atoms with Gasteiger partial charge in [0.2, 0.25) is 12.0 Å². The van der Waals surface area contributed by atoms with Crippen LogP contribution in [0, 0.1) is 13.8 Å². The number of isocyanates is 1. The van der Waals surface area contributed by atoms with Gasteiger partial charge in [-0.15, -0.1) is 0 Å². The highest BCUT2D eigenvalue weighted by Crippen LogP contribution is 2.23. The normalized spacial score (nSPS) is 9.88. The molecule has 224 valence electrons. The molecule has 0 saturated heterocycles. The fourth-order valence-corrected chi connectivity index (χ4v) is 3.61. The molecule has 0 aliphatic heterocycles. The topological polar surface area (TPSA) is 155 Å². The van der Waals surface area contributed by atoms with Crippen LogP contribution in [0.5, 0.6) is 0 Å². The summed E-state index contributed by atoms with van der Waals surface area (Å²) in [4.78, 5) is 49.3. The number of nitrogens with zero attached hydrogens (tertiary/aromatic N) is 1. The molecule has 0 heterocycles. The van der Waals surface area contributed by atoms with E-state index in [1.165, 1.54) is 13.0 Å². The number of hydrogen-bond donors (Lipinski definition) is 4. The number of carbonyl (C=O) groups excluding carboxylic acids is 4. The van der Waals surface area contributed by atoms with Gasteiger partial charge in [-0.2, -0.15) is 4.99 Å². The van der Waals surface area contributed by atoms with E-state index in [0.29, 0.717) is 36.0 Å². The fraction of sp³-hybridized carbons (Fsp3) is 0.467. The van der Waals surface area contributed by atoms with Crippen LogP contribution in [0.3, 0.4) is 0 Å². The molecule has 2 rings (SSSR count). The van der Waals surface area contributed by atoms with Gasteiger partial charge in [0, 0.05) is 30.6 Å². The van der Waals surface area contributed by atoms with E-state index in [1.54, 1.807) is 37.3 Å². The summed E-state index contributed by atoms with van der Waals surface area (Å²) in [5.41, 5.74) is 3.86. The number of aliphatic imine (C=N–C) groups is 1. The molecular weight excluding hydrogens is 528 g/mol. The molecular formula is C30H42N4O7. The molecule has 0 aliphatic rings. The first-order valence-electron chi connectivity index (χ1n) is 13.7. The third-order valence-electron chi connectivity index (χ3n) is 5.67. The van der Waals surface area contributed by atoms with Crippen molar-refractivity contribution in [3.8, 4) is 0 Å². The van der Waals surface area contributed by atoms with Crippen molar-refractivity contribution in [2.45, 2.75) is 72.6 Å². The lowest BCUT2D eigenvalue weighted by Crippen LogP contribution is -2.15. The summed E-state index contributed by atoms with van der Waals surface area (Å²) in [6.07, 6.45) is 6.99. The predicted octanol–water partition coefficient (Wildman–Crippen LogP) is 6.76. The molecule has 2 aromatic carbocycles. The predicted molar refractivity (Wildman–Crippen MR) is 159 cm³/mol. The Morgan fingerprint density at radius 1 is 0.780 bits per heavy atom. The minimum absolute atomic E-state index is 0.175. The maximum absolute atomic E-state index is 12.0. The van der Waals surface area contributed by atoms with E-state index in [2.05, 4.69) is 20.9 Å². The number of anilines is 3. The first kappa shape index (κ1) is 34.8. The van der Waals surface area contributed by atoms with E-state index < -0.39 is 12.2 Å². The smallest absolute Gasteiger partial charge is 0.411 e. The Hall–Kier alpha value is -4.21. The lowest BCUT2D eigenvalue weighted by molar-refractivity contribution is -0.114. The Kier molecular flexibility index (Phi) is 17.5. The minimum atomic E-state index is -0.547. The molecule has 0 radical (unpaired) electrons. The quantitative estimate of drug-likeness (QED) is 0.111. The maximum atomic E-state index is 12.0. The van der Waals surface area contributed by atoms with Crippen molar-refractivity contribution in [2.24, 2.45) is 4.99 Å². The van der Waals surface area contributed by atoms with Crippen molar-refractivity contribution in [3.05, 3.63) is 47.5 Å². The van der Waals surface area contributed by atoms with Crippen LogP contribution in [0.4, 0.5) is 32.3 Å². The van der Waals surface area contributed by atoms with E-state index in [9.17, 15) is 19.2 Å². The molecule has 0 spiro atoms. The second-order valence-corrected chi connectivity index (χ2v) is 9.23. The van der Waals surface area contributed by atoms with Gasteiger partial charge in [0.1, 0.15) is 0 Å². The zero-order valence-electron chi connectivity index (χ0n) is 24.4. The van der Waals surface area contributed by atoms with Crippen LogP contribution >= 0.6 is 0 Å². The highest BCUT2D eigenvalue weighted by Gasteiger charge is 2.07. The monoisotopic (exact) mass is 570 g/mol. The van der Waals surface area contributed by atoms with E-state index >= 15 is 0 Å². The zero-order chi connectivity index (χ0) is 30.5. The highest BCUT2D eigenvalue weighted by molar-refractivity contribution is 5.92. The van der Waals surface area contributed by atoms with Crippen molar-refractivity contribution < 1.29 is 33.8 Å². The molecule has 0 saturated carbocycles. The average molecular weight is 571 g/mol. The van der Waals surface area contributed by atoms with Crippen molar-refractivity contribution in [1.82, 2.24) is 0 Å². The Balaban J connectivity index is 0.00000268. The Labute approximate surface area is 241 Å².